The summed E-state index contributed by atoms with van der Waals surface area (Å²) in [5, 5.41) is 2.92. The number of imide groups is 1. The molecule has 2 heterocycles. The van der Waals surface area contributed by atoms with E-state index in [1.807, 2.05) is 44.2 Å². The van der Waals surface area contributed by atoms with Gasteiger partial charge in [0.15, 0.2) is 0 Å². The molecule has 0 aliphatic carbocycles. The van der Waals surface area contributed by atoms with Crippen LogP contribution in [0.1, 0.15) is 64.2 Å². The lowest BCUT2D eigenvalue weighted by Gasteiger charge is -2.32. The Bertz CT molecular complexity index is 1080. The number of likely N-dealkylation sites (tertiary alicyclic amines) is 1. The number of para-hydroxylation sites is 1. The van der Waals surface area contributed by atoms with Crippen LogP contribution >= 0.6 is 0 Å². The number of piperidine rings is 1. The number of carbonyl (C=O) groups is 4. The molecular formula is C26H29N3O4. The fourth-order valence-electron chi connectivity index (χ4n) is 4.34. The molecule has 2 aliphatic rings. The van der Waals surface area contributed by atoms with Crippen LogP contribution in [0.3, 0.4) is 0 Å². The van der Waals surface area contributed by atoms with E-state index in [0.717, 1.165) is 18.5 Å². The zero-order valence-electron chi connectivity index (χ0n) is 19.0. The first-order valence-electron chi connectivity index (χ1n) is 11.5. The number of fused-ring (bicyclic) bond motifs is 1. The van der Waals surface area contributed by atoms with Crippen molar-refractivity contribution in [3.05, 3.63) is 65.2 Å². The van der Waals surface area contributed by atoms with Crippen LogP contribution < -0.4 is 5.32 Å². The molecule has 4 amide bonds. The molecule has 0 unspecified atom stereocenters. The van der Waals surface area contributed by atoms with Crippen LogP contribution in [0.5, 0.6) is 0 Å². The van der Waals surface area contributed by atoms with Gasteiger partial charge in [-0.25, -0.2) is 0 Å². The van der Waals surface area contributed by atoms with Crippen LogP contribution in [0.4, 0.5) is 5.69 Å². The fourth-order valence-corrected chi connectivity index (χ4v) is 4.34. The standard InChI is InChI=1S/C26H29N3O4/c1-17(2)12-14-29-25(32)21-11-10-18(15-22(21)26(29)33)24(31)28-13-6-7-19(16-28)23(30)27-20-8-4-3-5-9-20/h3-5,8-11,15,17,19H,6-7,12-14,16H2,1-2H3,(H,27,30)/t19-/m1/s1. The maximum atomic E-state index is 13.2. The molecule has 1 fully saturated rings. The molecule has 172 valence electrons. The zero-order valence-corrected chi connectivity index (χ0v) is 19.0. The first kappa shape index (κ1) is 22.7. The smallest absolute Gasteiger partial charge is 0.261 e. The van der Waals surface area contributed by atoms with E-state index in [1.54, 1.807) is 17.0 Å². The van der Waals surface area contributed by atoms with Crippen molar-refractivity contribution in [2.45, 2.75) is 33.1 Å². The average Bonchev–Trinajstić information content (AvgIpc) is 3.06. The number of carbonyl (C=O) groups excluding carboxylic acids is 4. The van der Waals surface area contributed by atoms with Gasteiger partial charge in [-0.15, -0.1) is 0 Å². The number of hydrogen-bond donors (Lipinski definition) is 1. The van der Waals surface area contributed by atoms with E-state index in [9.17, 15) is 19.2 Å². The van der Waals surface area contributed by atoms with Crippen molar-refractivity contribution in [2.75, 3.05) is 25.0 Å². The van der Waals surface area contributed by atoms with Gasteiger partial charge in [0.05, 0.1) is 17.0 Å². The van der Waals surface area contributed by atoms with Crippen molar-refractivity contribution >= 4 is 29.3 Å². The second-order valence-corrected chi connectivity index (χ2v) is 9.15. The van der Waals surface area contributed by atoms with E-state index >= 15 is 0 Å². The molecule has 2 aromatic carbocycles. The number of amides is 4. The summed E-state index contributed by atoms with van der Waals surface area (Å²) in [5.41, 5.74) is 1.73. The highest BCUT2D eigenvalue weighted by atomic mass is 16.2. The molecule has 2 aliphatic heterocycles. The summed E-state index contributed by atoms with van der Waals surface area (Å²) in [6.45, 7) is 5.33. The molecule has 33 heavy (non-hydrogen) atoms. The molecule has 2 aromatic rings. The molecular weight excluding hydrogens is 418 g/mol. The van der Waals surface area contributed by atoms with Crippen molar-refractivity contribution in [3.8, 4) is 0 Å². The normalized spacial score (nSPS) is 18.0. The van der Waals surface area contributed by atoms with E-state index in [1.165, 1.54) is 11.0 Å². The lowest BCUT2D eigenvalue weighted by molar-refractivity contribution is -0.121. The van der Waals surface area contributed by atoms with Gasteiger partial charge in [0, 0.05) is 30.9 Å². The minimum absolute atomic E-state index is 0.103. The summed E-state index contributed by atoms with van der Waals surface area (Å²) in [6, 6.07) is 14.0. The Morgan fingerprint density at radius 2 is 1.76 bits per heavy atom. The topological polar surface area (TPSA) is 86.8 Å². The van der Waals surface area contributed by atoms with Crippen LogP contribution in [-0.4, -0.2) is 53.1 Å². The molecule has 4 rings (SSSR count). The third-order valence-corrected chi connectivity index (χ3v) is 6.27. The van der Waals surface area contributed by atoms with Gasteiger partial charge in [-0.3, -0.25) is 24.1 Å². The molecule has 7 heteroatoms. The van der Waals surface area contributed by atoms with Crippen LogP contribution in [0.25, 0.3) is 0 Å². The summed E-state index contributed by atoms with van der Waals surface area (Å²) < 4.78 is 0. The van der Waals surface area contributed by atoms with Gasteiger partial charge in [0.1, 0.15) is 0 Å². The average molecular weight is 448 g/mol. The summed E-state index contributed by atoms with van der Waals surface area (Å²) in [7, 11) is 0. The summed E-state index contributed by atoms with van der Waals surface area (Å²) in [4.78, 5) is 54.3. The molecule has 1 N–H and O–H groups in total. The quantitative estimate of drug-likeness (QED) is 0.682. The third-order valence-electron chi connectivity index (χ3n) is 6.27. The first-order chi connectivity index (χ1) is 15.8. The molecule has 7 nitrogen and oxygen atoms in total. The maximum absolute atomic E-state index is 13.2. The van der Waals surface area contributed by atoms with E-state index in [4.69, 9.17) is 0 Å². The zero-order chi connectivity index (χ0) is 23.5. The van der Waals surface area contributed by atoms with E-state index < -0.39 is 0 Å². The summed E-state index contributed by atoms with van der Waals surface area (Å²) >= 11 is 0. The van der Waals surface area contributed by atoms with Crippen LogP contribution in [0.2, 0.25) is 0 Å². The number of anilines is 1. The number of rotatable bonds is 6. The van der Waals surface area contributed by atoms with Gasteiger partial charge in [0.25, 0.3) is 17.7 Å². The molecule has 0 spiro atoms. The van der Waals surface area contributed by atoms with Gasteiger partial charge >= 0.3 is 0 Å². The summed E-state index contributed by atoms with van der Waals surface area (Å²) in [6.07, 6.45) is 2.17. The minimum Gasteiger partial charge on any atom is -0.338 e. The van der Waals surface area contributed by atoms with Crippen molar-refractivity contribution < 1.29 is 19.2 Å². The molecule has 0 saturated carbocycles. The first-order valence-corrected chi connectivity index (χ1v) is 11.5. The molecule has 0 aromatic heterocycles. The molecule has 0 radical (unpaired) electrons. The SMILES string of the molecule is CC(C)CCN1C(=O)c2ccc(C(=O)N3CCC[C@@H](C(=O)Nc4ccccc4)C3)cc2C1=O. The second-order valence-electron chi connectivity index (χ2n) is 9.15. The minimum atomic E-state index is -0.343. The van der Waals surface area contributed by atoms with Crippen LogP contribution in [0, 0.1) is 11.8 Å². The third kappa shape index (κ3) is 4.82. The van der Waals surface area contributed by atoms with Crippen molar-refractivity contribution in [1.29, 1.82) is 0 Å². The van der Waals surface area contributed by atoms with Gasteiger partial charge in [0.2, 0.25) is 5.91 Å². The number of benzene rings is 2. The Morgan fingerprint density at radius 3 is 2.48 bits per heavy atom. The highest BCUT2D eigenvalue weighted by molar-refractivity contribution is 6.22. The van der Waals surface area contributed by atoms with Gasteiger partial charge in [-0.2, -0.15) is 0 Å². The Balaban J connectivity index is 1.45. The number of nitrogens with zero attached hydrogens (tertiary/aromatic N) is 2. The van der Waals surface area contributed by atoms with Crippen LogP contribution in [-0.2, 0) is 4.79 Å². The van der Waals surface area contributed by atoms with E-state index in [-0.39, 0.29) is 35.1 Å². The Kier molecular flexibility index (Phi) is 6.58. The van der Waals surface area contributed by atoms with Crippen LogP contribution in [0.15, 0.2) is 48.5 Å². The fraction of sp³-hybridized carbons (Fsp3) is 0.385. The molecule has 1 saturated heterocycles. The lowest BCUT2D eigenvalue weighted by Crippen LogP contribution is -2.43. The number of hydrogen-bond acceptors (Lipinski definition) is 4. The number of nitrogens with one attached hydrogen (secondary N) is 1. The largest absolute Gasteiger partial charge is 0.338 e. The van der Waals surface area contributed by atoms with Crippen molar-refractivity contribution in [3.63, 3.8) is 0 Å². The molecule has 0 bridgehead atoms. The molecule has 1 atom stereocenters. The summed E-state index contributed by atoms with van der Waals surface area (Å²) in [5.74, 6) is -0.899. The Hall–Kier alpha value is -3.48. The van der Waals surface area contributed by atoms with Gasteiger partial charge < -0.3 is 10.2 Å². The Morgan fingerprint density at radius 1 is 1.03 bits per heavy atom. The second kappa shape index (κ2) is 9.57. The van der Waals surface area contributed by atoms with Crippen molar-refractivity contribution in [2.24, 2.45) is 11.8 Å². The van der Waals surface area contributed by atoms with Gasteiger partial charge in [-0.05, 0) is 55.5 Å². The highest BCUT2D eigenvalue weighted by Crippen LogP contribution is 2.26. The lowest BCUT2D eigenvalue weighted by atomic mass is 9.96. The monoisotopic (exact) mass is 447 g/mol. The van der Waals surface area contributed by atoms with Gasteiger partial charge in [-0.1, -0.05) is 32.0 Å². The predicted octanol–water partition coefficient (Wildman–Crippen LogP) is 3.82. The predicted molar refractivity (Wildman–Crippen MR) is 125 cm³/mol. The Labute approximate surface area is 193 Å². The maximum Gasteiger partial charge on any atom is 0.261 e. The van der Waals surface area contributed by atoms with E-state index in [2.05, 4.69) is 5.32 Å². The van der Waals surface area contributed by atoms with Crippen molar-refractivity contribution in [1.82, 2.24) is 9.80 Å². The highest BCUT2D eigenvalue weighted by Gasteiger charge is 2.36. The van der Waals surface area contributed by atoms with E-state index in [0.29, 0.717) is 43.1 Å².